The van der Waals surface area contributed by atoms with Gasteiger partial charge in [0, 0.05) is 23.8 Å². The number of benzene rings is 2. The van der Waals surface area contributed by atoms with E-state index in [0.29, 0.717) is 11.8 Å². The van der Waals surface area contributed by atoms with E-state index in [1.165, 1.54) is 12.1 Å². The molecule has 0 saturated carbocycles. The number of rotatable bonds is 4. The Hall–Kier alpha value is -3.28. The van der Waals surface area contributed by atoms with Crippen molar-refractivity contribution < 1.29 is 9.34 Å². The lowest BCUT2D eigenvalue weighted by atomic mass is 10.1. The zero-order valence-corrected chi connectivity index (χ0v) is 12.3. The van der Waals surface area contributed by atoms with Crippen LogP contribution in [0.2, 0.25) is 0 Å². The average Bonchev–Trinajstić information content (AvgIpc) is 3.03. The first kappa shape index (κ1) is 14.6. The standard InChI is InChI=1S/C17H13N3O3/c1-12-2-7-14(8-3-12)17-19-18-16(23-17)11-6-13-4-9-15(10-5-13)20(21)22/h2-11H,1H3/b11-6+. The van der Waals surface area contributed by atoms with Gasteiger partial charge >= 0.3 is 0 Å². The van der Waals surface area contributed by atoms with Gasteiger partial charge in [-0.15, -0.1) is 10.2 Å². The highest BCUT2D eigenvalue weighted by Crippen LogP contribution is 2.19. The zero-order chi connectivity index (χ0) is 16.2. The van der Waals surface area contributed by atoms with Crippen LogP contribution >= 0.6 is 0 Å². The van der Waals surface area contributed by atoms with E-state index in [4.69, 9.17) is 4.42 Å². The number of hydrogen-bond donors (Lipinski definition) is 0. The summed E-state index contributed by atoms with van der Waals surface area (Å²) in [4.78, 5) is 10.2. The second kappa shape index (κ2) is 6.23. The Labute approximate surface area is 132 Å². The van der Waals surface area contributed by atoms with Gasteiger partial charge in [0.25, 0.3) is 5.69 Å². The van der Waals surface area contributed by atoms with Crippen LogP contribution in [0.5, 0.6) is 0 Å². The van der Waals surface area contributed by atoms with Crippen LogP contribution < -0.4 is 0 Å². The maximum Gasteiger partial charge on any atom is 0.269 e. The lowest BCUT2D eigenvalue weighted by Gasteiger charge is -1.94. The Kier molecular flexibility index (Phi) is 3.97. The van der Waals surface area contributed by atoms with Gasteiger partial charge in [-0.1, -0.05) is 17.7 Å². The van der Waals surface area contributed by atoms with Gasteiger partial charge in [-0.05, 0) is 42.8 Å². The molecule has 0 aliphatic carbocycles. The van der Waals surface area contributed by atoms with Crippen molar-refractivity contribution in [2.75, 3.05) is 0 Å². The minimum absolute atomic E-state index is 0.0570. The molecule has 0 unspecified atom stereocenters. The molecule has 114 valence electrons. The molecule has 3 aromatic rings. The second-order valence-electron chi connectivity index (χ2n) is 4.99. The normalized spacial score (nSPS) is 11.0. The SMILES string of the molecule is Cc1ccc(-c2nnc(/C=C/c3ccc([N+](=O)[O-])cc3)o2)cc1. The topological polar surface area (TPSA) is 82.1 Å². The summed E-state index contributed by atoms with van der Waals surface area (Å²) in [6.07, 6.45) is 3.43. The van der Waals surface area contributed by atoms with E-state index in [9.17, 15) is 10.1 Å². The van der Waals surface area contributed by atoms with Crippen molar-refractivity contribution in [3.63, 3.8) is 0 Å². The summed E-state index contributed by atoms with van der Waals surface area (Å²) in [5.41, 5.74) is 2.89. The van der Waals surface area contributed by atoms with Crippen LogP contribution in [0.3, 0.4) is 0 Å². The van der Waals surface area contributed by atoms with Crippen molar-refractivity contribution in [2.45, 2.75) is 6.92 Å². The number of hydrogen-bond acceptors (Lipinski definition) is 5. The third kappa shape index (κ3) is 3.49. The largest absolute Gasteiger partial charge is 0.417 e. The van der Waals surface area contributed by atoms with Crippen LogP contribution in [0.4, 0.5) is 5.69 Å². The van der Waals surface area contributed by atoms with Crippen molar-refractivity contribution in [2.24, 2.45) is 0 Å². The van der Waals surface area contributed by atoms with Gasteiger partial charge in [0.1, 0.15) is 0 Å². The fourth-order valence-corrected chi connectivity index (χ4v) is 1.99. The molecule has 2 aromatic carbocycles. The minimum atomic E-state index is -0.431. The predicted molar refractivity (Wildman–Crippen MR) is 86.5 cm³/mol. The van der Waals surface area contributed by atoms with Gasteiger partial charge in [0.2, 0.25) is 11.8 Å². The van der Waals surface area contributed by atoms with Crippen molar-refractivity contribution >= 4 is 17.8 Å². The van der Waals surface area contributed by atoms with E-state index < -0.39 is 4.92 Å². The Balaban J connectivity index is 1.75. The molecule has 0 fully saturated rings. The highest BCUT2D eigenvalue weighted by atomic mass is 16.6. The van der Waals surface area contributed by atoms with Crippen LogP contribution in [0, 0.1) is 17.0 Å². The van der Waals surface area contributed by atoms with Crippen LogP contribution in [-0.4, -0.2) is 15.1 Å². The van der Waals surface area contributed by atoms with Gasteiger partial charge < -0.3 is 4.42 Å². The van der Waals surface area contributed by atoms with Crippen molar-refractivity contribution in [3.05, 3.63) is 75.7 Å². The molecule has 0 bridgehead atoms. The summed E-state index contributed by atoms with van der Waals surface area (Å²) in [6.45, 7) is 2.01. The summed E-state index contributed by atoms with van der Waals surface area (Å²) >= 11 is 0. The maximum atomic E-state index is 10.6. The third-order valence-corrected chi connectivity index (χ3v) is 3.26. The van der Waals surface area contributed by atoms with Gasteiger partial charge in [-0.3, -0.25) is 10.1 Å². The zero-order valence-electron chi connectivity index (χ0n) is 12.3. The Morgan fingerprint density at radius 2 is 1.70 bits per heavy atom. The number of nitro benzene ring substituents is 1. The van der Waals surface area contributed by atoms with Gasteiger partial charge in [-0.2, -0.15) is 0 Å². The molecular weight excluding hydrogens is 294 g/mol. The van der Waals surface area contributed by atoms with E-state index in [-0.39, 0.29) is 5.69 Å². The molecule has 0 aliphatic rings. The van der Waals surface area contributed by atoms with Crippen molar-refractivity contribution in [1.82, 2.24) is 10.2 Å². The molecule has 0 amide bonds. The average molecular weight is 307 g/mol. The van der Waals surface area contributed by atoms with Gasteiger partial charge in [-0.25, -0.2) is 0 Å². The molecule has 0 saturated heterocycles. The molecule has 1 heterocycles. The molecule has 0 atom stereocenters. The number of nitrogens with zero attached hydrogens (tertiary/aromatic N) is 3. The van der Waals surface area contributed by atoms with Crippen LogP contribution in [0.1, 0.15) is 17.0 Å². The summed E-state index contributed by atoms with van der Waals surface area (Å²) in [6, 6.07) is 14.0. The fourth-order valence-electron chi connectivity index (χ4n) is 1.99. The van der Waals surface area contributed by atoms with Gasteiger partial charge in [0.15, 0.2) is 0 Å². The molecule has 0 N–H and O–H groups in total. The smallest absolute Gasteiger partial charge is 0.269 e. The van der Waals surface area contributed by atoms with Crippen LogP contribution in [0.25, 0.3) is 23.6 Å². The Morgan fingerprint density at radius 3 is 2.35 bits per heavy atom. The molecular formula is C17H13N3O3. The molecule has 6 heteroatoms. The molecule has 1 aromatic heterocycles. The maximum absolute atomic E-state index is 10.6. The fraction of sp³-hybridized carbons (Fsp3) is 0.0588. The number of aromatic nitrogens is 2. The monoisotopic (exact) mass is 307 g/mol. The first-order valence-corrected chi connectivity index (χ1v) is 6.95. The van der Waals surface area contributed by atoms with Gasteiger partial charge in [0.05, 0.1) is 4.92 Å². The number of aryl methyl sites for hydroxylation is 1. The molecule has 0 spiro atoms. The Morgan fingerprint density at radius 1 is 1.00 bits per heavy atom. The first-order chi connectivity index (χ1) is 11.1. The van der Waals surface area contributed by atoms with E-state index in [1.54, 1.807) is 24.3 Å². The van der Waals surface area contributed by atoms with E-state index >= 15 is 0 Å². The second-order valence-corrected chi connectivity index (χ2v) is 4.99. The molecule has 3 rings (SSSR count). The van der Waals surface area contributed by atoms with E-state index in [2.05, 4.69) is 10.2 Å². The Bertz CT molecular complexity index is 850. The summed E-state index contributed by atoms with van der Waals surface area (Å²) in [5.74, 6) is 0.826. The molecule has 0 aliphatic heterocycles. The van der Waals surface area contributed by atoms with Crippen molar-refractivity contribution in [1.29, 1.82) is 0 Å². The molecule has 6 nitrogen and oxygen atoms in total. The summed E-state index contributed by atoms with van der Waals surface area (Å²) in [5, 5.41) is 18.6. The number of nitro groups is 1. The number of non-ortho nitro benzene ring substituents is 1. The van der Waals surface area contributed by atoms with Crippen LogP contribution in [0.15, 0.2) is 52.9 Å². The highest BCUT2D eigenvalue weighted by Gasteiger charge is 2.06. The van der Waals surface area contributed by atoms with E-state index in [1.807, 2.05) is 31.2 Å². The first-order valence-electron chi connectivity index (χ1n) is 6.95. The molecule has 0 radical (unpaired) electrons. The summed E-state index contributed by atoms with van der Waals surface area (Å²) < 4.78 is 5.58. The van der Waals surface area contributed by atoms with Crippen molar-refractivity contribution in [3.8, 4) is 11.5 Å². The van der Waals surface area contributed by atoms with E-state index in [0.717, 1.165) is 16.7 Å². The van der Waals surface area contributed by atoms with Crippen LogP contribution in [-0.2, 0) is 0 Å². The highest BCUT2D eigenvalue weighted by molar-refractivity contribution is 5.67. The quantitative estimate of drug-likeness (QED) is 0.535. The summed E-state index contributed by atoms with van der Waals surface area (Å²) in [7, 11) is 0. The third-order valence-electron chi connectivity index (χ3n) is 3.26. The minimum Gasteiger partial charge on any atom is -0.417 e. The molecule has 23 heavy (non-hydrogen) atoms. The lowest BCUT2D eigenvalue weighted by molar-refractivity contribution is -0.384. The lowest BCUT2D eigenvalue weighted by Crippen LogP contribution is -1.86. The predicted octanol–water partition coefficient (Wildman–Crippen LogP) is 4.12.